The van der Waals surface area contributed by atoms with Gasteiger partial charge in [0.05, 0.1) is 5.56 Å². The minimum atomic E-state index is -0.136. The highest BCUT2D eigenvalue weighted by atomic mass is 16.5. The van der Waals surface area contributed by atoms with Gasteiger partial charge in [-0.2, -0.15) is 0 Å². The molecule has 0 bridgehead atoms. The highest BCUT2D eigenvalue weighted by molar-refractivity contribution is 6.01. The average Bonchev–Trinajstić information content (AvgIpc) is 3.52. The number of hydrogen-bond donors (Lipinski definition) is 2. The van der Waals surface area contributed by atoms with Crippen LogP contribution in [-0.2, 0) is 4.79 Å². The van der Waals surface area contributed by atoms with Crippen LogP contribution >= 0.6 is 0 Å². The smallest absolute Gasteiger partial charge is 0.258 e. The summed E-state index contributed by atoms with van der Waals surface area (Å²) in [6, 6.07) is 11.9. The Morgan fingerprint density at radius 3 is 2.67 bits per heavy atom. The van der Waals surface area contributed by atoms with E-state index in [1.165, 1.54) is 0 Å². The number of nitrogens with zero attached hydrogens (tertiary/aromatic N) is 1. The summed E-state index contributed by atoms with van der Waals surface area (Å²) < 4.78 is 5.80. The highest BCUT2D eigenvalue weighted by Crippen LogP contribution is 2.28. The molecule has 1 heterocycles. The van der Waals surface area contributed by atoms with Gasteiger partial charge in [-0.15, -0.1) is 0 Å². The Balaban J connectivity index is 1.59. The van der Waals surface area contributed by atoms with Crippen molar-refractivity contribution in [2.45, 2.75) is 25.3 Å². The summed E-state index contributed by atoms with van der Waals surface area (Å²) in [5, 5.41) is 8.21. The molecule has 2 amide bonds. The lowest BCUT2D eigenvalue weighted by Crippen LogP contribution is -2.35. The number of ether oxygens (including phenoxy) is 1. The van der Waals surface area contributed by atoms with Gasteiger partial charge in [0.15, 0.2) is 6.61 Å². The van der Waals surface area contributed by atoms with Crippen molar-refractivity contribution in [2.75, 3.05) is 32.8 Å². The summed E-state index contributed by atoms with van der Waals surface area (Å²) in [6.45, 7) is 3.04. The summed E-state index contributed by atoms with van der Waals surface area (Å²) in [7, 11) is 0. The third-order valence-electron chi connectivity index (χ3n) is 5.01. The monoisotopic (exact) mass is 367 g/mol. The normalized spacial score (nSPS) is 17.4. The zero-order valence-corrected chi connectivity index (χ0v) is 15.4. The number of fused-ring (bicyclic) bond motifs is 1. The Morgan fingerprint density at radius 1 is 1.11 bits per heavy atom. The number of carbonyl (C=O) groups is 2. The first-order valence-electron chi connectivity index (χ1n) is 9.65. The first-order chi connectivity index (χ1) is 13.2. The highest BCUT2D eigenvalue weighted by Gasteiger charge is 2.25. The van der Waals surface area contributed by atoms with Crippen LogP contribution in [0.3, 0.4) is 0 Å². The van der Waals surface area contributed by atoms with Crippen molar-refractivity contribution in [2.24, 2.45) is 0 Å². The van der Waals surface area contributed by atoms with Crippen LogP contribution in [0.15, 0.2) is 36.4 Å². The minimum Gasteiger partial charge on any atom is -0.483 e. The van der Waals surface area contributed by atoms with E-state index in [9.17, 15) is 9.59 Å². The Labute approximate surface area is 158 Å². The Bertz CT molecular complexity index is 840. The van der Waals surface area contributed by atoms with Crippen LogP contribution in [0.2, 0.25) is 0 Å². The molecule has 0 aromatic heterocycles. The summed E-state index contributed by atoms with van der Waals surface area (Å²) in [4.78, 5) is 27.0. The molecule has 6 heteroatoms. The maximum atomic E-state index is 13.2. The topological polar surface area (TPSA) is 70.7 Å². The van der Waals surface area contributed by atoms with Crippen molar-refractivity contribution in [3.63, 3.8) is 0 Å². The van der Waals surface area contributed by atoms with Crippen LogP contribution < -0.4 is 15.4 Å². The molecule has 1 saturated heterocycles. The van der Waals surface area contributed by atoms with E-state index in [-0.39, 0.29) is 18.4 Å². The van der Waals surface area contributed by atoms with Crippen LogP contribution in [0, 0.1) is 0 Å². The van der Waals surface area contributed by atoms with E-state index in [4.69, 9.17) is 4.74 Å². The zero-order chi connectivity index (χ0) is 18.6. The van der Waals surface area contributed by atoms with Crippen molar-refractivity contribution in [3.05, 3.63) is 42.0 Å². The molecule has 1 aliphatic heterocycles. The van der Waals surface area contributed by atoms with Crippen molar-refractivity contribution in [3.8, 4) is 5.75 Å². The summed E-state index contributed by atoms with van der Waals surface area (Å²) in [5.41, 5.74) is 0.523. The lowest BCUT2D eigenvalue weighted by Gasteiger charge is -2.22. The second kappa shape index (κ2) is 7.96. The molecule has 0 unspecified atom stereocenters. The molecular weight excluding hydrogens is 342 g/mol. The van der Waals surface area contributed by atoms with E-state index in [2.05, 4.69) is 10.6 Å². The van der Waals surface area contributed by atoms with Crippen molar-refractivity contribution in [1.82, 2.24) is 15.5 Å². The Morgan fingerprint density at radius 2 is 1.89 bits per heavy atom. The van der Waals surface area contributed by atoms with E-state index >= 15 is 0 Å². The molecule has 1 saturated carbocycles. The van der Waals surface area contributed by atoms with E-state index < -0.39 is 0 Å². The number of benzene rings is 2. The van der Waals surface area contributed by atoms with Crippen LogP contribution in [0.5, 0.6) is 5.75 Å². The Kier molecular flexibility index (Phi) is 5.25. The van der Waals surface area contributed by atoms with Gasteiger partial charge in [0.1, 0.15) is 5.75 Å². The molecule has 27 heavy (non-hydrogen) atoms. The molecule has 2 aromatic carbocycles. The maximum Gasteiger partial charge on any atom is 0.258 e. The fourth-order valence-corrected chi connectivity index (χ4v) is 3.37. The SMILES string of the molecule is O=C(COc1cc2ccccc2cc1C(=O)N1CCCNCC1)NC1CC1. The van der Waals surface area contributed by atoms with Gasteiger partial charge < -0.3 is 20.3 Å². The largest absolute Gasteiger partial charge is 0.483 e. The van der Waals surface area contributed by atoms with Gasteiger partial charge in [-0.25, -0.2) is 0 Å². The van der Waals surface area contributed by atoms with Gasteiger partial charge in [-0.05, 0) is 48.7 Å². The number of amides is 2. The third kappa shape index (κ3) is 4.39. The quantitative estimate of drug-likeness (QED) is 0.847. The number of rotatable bonds is 5. The summed E-state index contributed by atoms with van der Waals surface area (Å²) in [5.74, 6) is 0.298. The standard InChI is InChI=1S/C21H25N3O3/c25-20(23-17-6-7-17)14-27-19-13-16-5-2-1-4-15(16)12-18(19)21(26)24-10-3-8-22-9-11-24/h1-2,4-5,12-13,17,22H,3,6-11,14H2,(H,23,25). The molecule has 1 aliphatic carbocycles. The van der Waals surface area contributed by atoms with E-state index in [1.54, 1.807) is 0 Å². The molecular formula is C21H25N3O3. The molecule has 142 valence electrons. The molecule has 0 radical (unpaired) electrons. The third-order valence-corrected chi connectivity index (χ3v) is 5.01. The molecule has 2 aliphatic rings. The fourth-order valence-electron chi connectivity index (χ4n) is 3.37. The van der Waals surface area contributed by atoms with Crippen LogP contribution in [0.4, 0.5) is 0 Å². The van der Waals surface area contributed by atoms with Crippen molar-refractivity contribution in [1.29, 1.82) is 0 Å². The first-order valence-corrected chi connectivity index (χ1v) is 9.65. The van der Waals surface area contributed by atoms with Gasteiger partial charge in [-0.1, -0.05) is 24.3 Å². The summed E-state index contributed by atoms with van der Waals surface area (Å²) in [6.07, 6.45) is 3.00. The molecule has 2 N–H and O–H groups in total. The van der Waals surface area contributed by atoms with Crippen LogP contribution in [-0.4, -0.2) is 55.5 Å². The van der Waals surface area contributed by atoms with Gasteiger partial charge in [0, 0.05) is 25.7 Å². The van der Waals surface area contributed by atoms with Gasteiger partial charge >= 0.3 is 0 Å². The first kappa shape index (κ1) is 17.8. The predicted octanol–water partition coefficient (Wildman–Crippen LogP) is 1.93. The van der Waals surface area contributed by atoms with Gasteiger partial charge in [-0.3, -0.25) is 9.59 Å². The van der Waals surface area contributed by atoms with E-state index in [0.717, 1.165) is 49.7 Å². The van der Waals surface area contributed by atoms with Crippen LogP contribution in [0.25, 0.3) is 10.8 Å². The maximum absolute atomic E-state index is 13.2. The minimum absolute atomic E-state index is 0.0398. The molecule has 4 rings (SSSR count). The number of nitrogens with one attached hydrogen (secondary N) is 2. The predicted molar refractivity (Wildman–Crippen MR) is 104 cm³/mol. The average molecular weight is 367 g/mol. The van der Waals surface area contributed by atoms with Crippen LogP contribution in [0.1, 0.15) is 29.6 Å². The summed E-state index contributed by atoms with van der Waals surface area (Å²) >= 11 is 0. The Hall–Kier alpha value is -2.60. The zero-order valence-electron chi connectivity index (χ0n) is 15.4. The number of hydrogen-bond acceptors (Lipinski definition) is 4. The second-order valence-electron chi connectivity index (χ2n) is 7.22. The molecule has 0 atom stereocenters. The molecule has 2 aromatic rings. The van der Waals surface area contributed by atoms with E-state index in [1.807, 2.05) is 41.3 Å². The van der Waals surface area contributed by atoms with Crippen molar-refractivity contribution < 1.29 is 14.3 Å². The van der Waals surface area contributed by atoms with Gasteiger partial charge in [0.25, 0.3) is 11.8 Å². The van der Waals surface area contributed by atoms with Crippen molar-refractivity contribution >= 4 is 22.6 Å². The molecule has 0 spiro atoms. The lowest BCUT2D eigenvalue weighted by molar-refractivity contribution is -0.123. The lowest BCUT2D eigenvalue weighted by atomic mass is 10.0. The molecule has 2 fully saturated rings. The molecule has 6 nitrogen and oxygen atoms in total. The second-order valence-corrected chi connectivity index (χ2v) is 7.22. The van der Waals surface area contributed by atoms with E-state index in [0.29, 0.717) is 23.9 Å². The fraction of sp³-hybridized carbons (Fsp3) is 0.429. The number of carbonyl (C=O) groups excluding carboxylic acids is 2. The van der Waals surface area contributed by atoms with Gasteiger partial charge in [0.2, 0.25) is 0 Å².